The monoisotopic (exact) mass is 186 g/mol. The van der Waals surface area contributed by atoms with E-state index >= 15 is 0 Å². The largest absolute Gasteiger partial charge is 0.299 e. The van der Waals surface area contributed by atoms with Crippen LogP contribution in [0.5, 0.6) is 0 Å². The summed E-state index contributed by atoms with van der Waals surface area (Å²) in [5, 5.41) is -0.0970. The van der Waals surface area contributed by atoms with Gasteiger partial charge in [0.15, 0.2) is 11.6 Å². The molecule has 64 valence electrons. The predicted molar refractivity (Wildman–Crippen MR) is 42.7 cm³/mol. The number of Topliss-reactive ketones (excluding diaryl/α,β-unsaturated/α-hetero) is 3. The van der Waals surface area contributed by atoms with Gasteiger partial charge in [-0.05, 0) is 13.8 Å². The first-order valence-corrected chi connectivity index (χ1v) is 3.80. The molecule has 0 fully saturated rings. The lowest BCUT2D eigenvalue weighted by Gasteiger charge is -1.99. The molecule has 1 unspecified atom stereocenters. The lowest BCUT2D eigenvalue weighted by molar-refractivity contribution is -0.134. The third kappa shape index (κ3) is 1.10. The predicted octanol–water partition coefficient (Wildman–Crippen LogP) is 0.856. The third-order valence-corrected chi connectivity index (χ3v) is 2.32. The van der Waals surface area contributed by atoms with Gasteiger partial charge in [-0.3, -0.25) is 14.4 Å². The second kappa shape index (κ2) is 2.83. The van der Waals surface area contributed by atoms with Crippen molar-refractivity contribution < 1.29 is 14.4 Å². The number of carbonyl (C=O) groups excluding carboxylic acids is 3. The van der Waals surface area contributed by atoms with E-state index in [1.165, 1.54) is 13.8 Å². The molecule has 1 aliphatic rings. The van der Waals surface area contributed by atoms with Crippen molar-refractivity contribution in [2.45, 2.75) is 13.8 Å². The van der Waals surface area contributed by atoms with E-state index in [4.69, 9.17) is 11.6 Å². The Morgan fingerprint density at radius 1 is 1.33 bits per heavy atom. The smallest absolute Gasteiger partial charge is 0.192 e. The van der Waals surface area contributed by atoms with Gasteiger partial charge in [0.25, 0.3) is 0 Å². The summed E-state index contributed by atoms with van der Waals surface area (Å²) in [5.74, 6) is -2.64. The maximum Gasteiger partial charge on any atom is 0.192 e. The Hall–Kier alpha value is -0.960. The Morgan fingerprint density at radius 3 is 2.00 bits per heavy atom. The fourth-order valence-electron chi connectivity index (χ4n) is 1.12. The summed E-state index contributed by atoms with van der Waals surface area (Å²) in [6.45, 7) is 2.66. The zero-order valence-electron chi connectivity index (χ0n) is 6.68. The molecule has 0 aromatic rings. The molecular formula is C8H7ClO3. The van der Waals surface area contributed by atoms with Gasteiger partial charge in [0.1, 0.15) is 11.7 Å². The van der Waals surface area contributed by atoms with E-state index in [0.29, 0.717) is 0 Å². The number of carbonyl (C=O) groups is 3. The molecule has 3 nitrogen and oxygen atoms in total. The lowest BCUT2D eigenvalue weighted by atomic mass is 9.99. The van der Waals surface area contributed by atoms with Crippen molar-refractivity contribution in [1.82, 2.24) is 0 Å². The molecule has 4 heteroatoms. The fourth-order valence-corrected chi connectivity index (χ4v) is 1.33. The van der Waals surface area contributed by atoms with Crippen LogP contribution in [-0.4, -0.2) is 17.3 Å². The van der Waals surface area contributed by atoms with Gasteiger partial charge in [-0.2, -0.15) is 0 Å². The van der Waals surface area contributed by atoms with Crippen molar-refractivity contribution in [3.8, 4) is 0 Å². The van der Waals surface area contributed by atoms with Crippen LogP contribution in [0, 0.1) is 5.92 Å². The summed E-state index contributed by atoms with van der Waals surface area (Å²) in [7, 11) is 0. The Kier molecular flexibility index (Phi) is 2.15. The summed E-state index contributed by atoms with van der Waals surface area (Å²) < 4.78 is 0. The number of hydrogen-bond acceptors (Lipinski definition) is 3. The quantitative estimate of drug-likeness (QED) is 0.571. The van der Waals surface area contributed by atoms with Crippen molar-refractivity contribution in [1.29, 1.82) is 0 Å². The van der Waals surface area contributed by atoms with E-state index in [1.54, 1.807) is 0 Å². The molecule has 0 radical (unpaired) electrons. The second-order valence-electron chi connectivity index (χ2n) is 2.71. The second-order valence-corrected chi connectivity index (χ2v) is 3.09. The average molecular weight is 187 g/mol. The van der Waals surface area contributed by atoms with Crippen molar-refractivity contribution >= 4 is 29.0 Å². The molecule has 0 saturated carbocycles. The van der Waals surface area contributed by atoms with E-state index in [0.717, 1.165) is 0 Å². The lowest BCUT2D eigenvalue weighted by Crippen LogP contribution is -2.24. The van der Waals surface area contributed by atoms with Crippen molar-refractivity contribution in [3.63, 3.8) is 0 Å². The molecule has 12 heavy (non-hydrogen) atoms. The highest BCUT2D eigenvalue weighted by atomic mass is 35.5. The minimum absolute atomic E-state index is 0.0970. The molecule has 0 amide bonds. The van der Waals surface area contributed by atoms with Crippen LogP contribution in [0.15, 0.2) is 10.6 Å². The molecular weight excluding hydrogens is 180 g/mol. The molecule has 1 aliphatic carbocycles. The fraction of sp³-hybridized carbons (Fsp3) is 0.375. The van der Waals surface area contributed by atoms with Crippen LogP contribution >= 0.6 is 11.6 Å². The average Bonchev–Trinajstić information content (AvgIpc) is 2.16. The summed E-state index contributed by atoms with van der Waals surface area (Å²) in [6.07, 6.45) is 0. The summed E-state index contributed by atoms with van der Waals surface area (Å²) in [4.78, 5) is 33.2. The van der Waals surface area contributed by atoms with Crippen molar-refractivity contribution in [2.24, 2.45) is 5.92 Å². The van der Waals surface area contributed by atoms with E-state index in [1.807, 2.05) is 0 Å². The SMILES string of the molecule is CC(=O)C1C(=O)C(C)=C(Cl)C1=O. The first-order chi connectivity index (χ1) is 5.46. The maximum atomic E-state index is 11.2. The molecule has 0 spiro atoms. The minimum Gasteiger partial charge on any atom is -0.299 e. The molecule has 0 saturated heterocycles. The van der Waals surface area contributed by atoms with Gasteiger partial charge in [0.05, 0.1) is 5.03 Å². The van der Waals surface area contributed by atoms with E-state index in [-0.39, 0.29) is 10.6 Å². The Morgan fingerprint density at radius 2 is 1.83 bits per heavy atom. The van der Waals surface area contributed by atoms with Gasteiger partial charge < -0.3 is 0 Å². The molecule has 0 bridgehead atoms. The van der Waals surface area contributed by atoms with Crippen LogP contribution in [0.1, 0.15) is 13.8 Å². The van der Waals surface area contributed by atoms with E-state index in [2.05, 4.69) is 0 Å². The van der Waals surface area contributed by atoms with Crippen LogP contribution in [0.4, 0.5) is 0 Å². The highest BCUT2D eigenvalue weighted by molar-refractivity contribution is 6.52. The van der Waals surface area contributed by atoms with Gasteiger partial charge >= 0.3 is 0 Å². The van der Waals surface area contributed by atoms with Crippen LogP contribution in [0.3, 0.4) is 0 Å². The topological polar surface area (TPSA) is 51.2 Å². The molecule has 0 aliphatic heterocycles. The standard InChI is InChI=1S/C8H7ClO3/c1-3-6(9)8(12)5(4(2)10)7(3)11/h5H,1-2H3. The van der Waals surface area contributed by atoms with Gasteiger partial charge in [-0.25, -0.2) is 0 Å². The van der Waals surface area contributed by atoms with E-state index < -0.39 is 23.3 Å². The summed E-state index contributed by atoms with van der Waals surface area (Å²) >= 11 is 5.50. The van der Waals surface area contributed by atoms with Gasteiger partial charge in [-0.1, -0.05) is 11.6 Å². The van der Waals surface area contributed by atoms with Crippen LogP contribution in [0.2, 0.25) is 0 Å². The van der Waals surface area contributed by atoms with Crippen LogP contribution in [0.25, 0.3) is 0 Å². The van der Waals surface area contributed by atoms with Crippen molar-refractivity contribution in [2.75, 3.05) is 0 Å². The van der Waals surface area contributed by atoms with Crippen LogP contribution in [-0.2, 0) is 14.4 Å². The number of hydrogen-bond donors (Lipinski definition) is 0. The summed E-state index contributed by atoms with van der Waals surface area (Å²) in [6, 6.07) is 0. The third-order valence-electron chi connectivity index (χ3n) is 1.85. The van der Waals surface area contributed by atoms with Gasteiger partial charge in [0, 0.05) is 5.57 Å². The summed E-state index contributed by atoms with van der Waals surface area (Å²) in [5.41, 5.74) is 0.196. The molecule has 1 atom stereocenters. The Balaban J connectivity index is 3.12. The highest BCUT2D eigenvalue weighted by Gasteiger charge is 2.40. The molecule has 0 heterocycles. The van der Waals surface area contributed by atoms with Gasteiger partial charge in [-0.15, -0.1) is 0 Å². The number of ketones is 3. The molecule has 0 N–H and O–H groups in total. The number of rotatable bonds is 1. The first-order valence-electron chi connectivity index (χ1n) is 3.42. The number of halogens is 1. The normalized spacial score (nSPS) is 23.8. The molecule has 0 aromatic heterocycles. The van der Waals surface area contributed by atoms with Crippen molar-refractivity contribution in [3.05, 3.63) is 10.6 Å². The molecule has 1 rings (SSSR count). The number of allylic oxidation sites excluding steroid dienone is 2. The van der Waals surface area contributed by atoms with Gasteiger partial charge in [0.2, 0.25) is 0 Å². The van der Waals surface area contributed by atoms with E-state index in [9.17, 15) is 14.4 Å². The zero-order valence-corrected chi connectivity index (χ0v) is 7.44. The Bertz CT molecular complexity index is 290. The Labute approximate surface area is 74.4 Å². The minimum atomic E-state index is -1.17. The molecule has 0 aromatic carbocycles. The zero-order chi connectivity index (χ0) is 9.46. The van der Waals surface area contributed by atoms with Crippen LogP contribution < -0.4 is 0 Å². The maximum absolute atomic E-state index is 11.2. The first kappa shape index (κ1) is 9.13. The highest BCUT2D eigenvalue weighted by Crippen LogP contribution is 2.27.